The molecule has 0 aliphatic carbocycles. The minimum absolute atomic E-state index is 0.634. The molecule has 0 amide bonds. The van der Waals surface area contributed by atoms with E-state index in [4.69, 9.17) is 0 Å². The average Bonchev–Trinajstić information content (AvgIpc) is 2.62. The molecule has 0 bridgehead atoms. The van der Waals surface area contributed by atoms with Gasteiger partial charge in [-0.15, -0.1) is 0 Å². The summed E-state index contributed by atoms with van der Waals surface area (Å²) in [5, 5.41) is 17.5. The molecule has 0 spiro atoms. The summed E-state index contributed by atoms with van der Waals surface area (Å²) in [5.74, 6) is 0. The van der Waals surface area contributed by atoms with Gasteiger partial charge in [-0.25, -0.2) is 0 Å². The lowest BCUT2D eigenvalue weighted by Crippen LogP contribution is -2.38. The van der Waals surface area contributed by atoms with Crippen molar-refractivity contribution in [3.63, 3.8) is 0 Å². The largest absolute Gasteiger partial charge is 0.389 e. The van der Waals surface area contributed by atoms with E-state index in [-0.39, 0.29) is 0 Å². The van der Waals surface area contributed by atoms with Crippen LogP contribution in [-0.2, 0) is 13.5 Å². The number of aliphatic hydroxyl groups is 1. The van der Waals surface area contributed by atoms with Gasteiger partial charge in [0, 0.05) is 19.8 Å². The lowest BCUT2D eigenvalue weighted by Gasteiger charge is -2.23. The molecule has 4 nitrogen and oxygen atoms in total. The summed E-state index contributed by atoms with van der Waals surface area (Å²) in [4.78, 5) is 0. The van der Waals surface area contributed by atoms with Gasteiger partial charge in [-0.2, -0.15) is 5.10 Å². The zero-order valence-corrected chi connectivity index (χ0v) is 10.5. The maximum atomic E-state index is 10.1. The van der Waals surface area contributed by atoms with E-state index < -0.39 is 5.60 Å². The van der Waals surface area contributed by atoms with Gasteiger partial charge in [0.25, 0.3) is 0 Å². The Morgan fingerprint density at radius 2 is 2.31 bits per heavy atom. The van der Waals surface area contributed by atoms with Crippen molar-refractivity contribution in [1.82, 2.24) is 15.1 Å². The fraction of sp³-hybridized carbons (Fsp3) is 0.750. The molecule has 0 fully saturated rings. The van der Waals surface area contributed by atoms with E-state index in [0.29, 0.717) is 6.54 Å². The Morgan fingerprint density at radius 1 is 1.56 bits per heavy atom. The average molecular weight is 225 g/mol. The number of hydrogen-bond acceptors (Lipinski definition) is 3. The van der Waals surface area contributed by atoms with Crippen LogP contribution in [0.5, 0.6) is 0 Å². The second-order valence-electron chi connectivity index (χ2n) is 4.70. The third-order valence-electron chi connectivity index (χ3n) is 2.64. The molecule has 0 saturated heterocycles. The number of aryl methyl sites for hydroxylation is 2. The van der Waals surface area contributed by atoms with Crippen molar-refractivity contribution in [1.29, 1.82) is 0 Å². The third kappa shape index (κ3) is 4.77. The number of aromatic nitrogens is 2. The highest BCUT2D eigenvalue weighted by molar-refractivity contribution is 5.04. The highest BCUT2D eigenvalue weighted by atomic mass is 16.3. The van der Waals surface area contributed by atoms with Crippen molar-refractivity contribution in [2.45, 2.75) is 38.7 Å². The lowest BCUT2D eigenvalue weighted by molar-refractivity contribution is 0.0513. The second kappa shape index (κ2) is 6.01. The van der Waals surface area contributed by atoms with Crippen LogP contribution in [0.3, 0.4) is 0 Å². The Balaban J connectivity index is 2.29. The Bertz CT molecular complexity index is 307. The summed E-state index contributed by atoms with van der Waals surface area (Å²) in [6.07, 6.45) is 6.58. The highest BCUT2D eigenvalue weighted by Crippen LogP contribution is 2.12. The van der Waals surface area contributed by atoms with Gasteiger partial charge in [0.15, 0.2) is 0 Å². The van der Waals surface area contributed by atoms with E-state index >= 15 is 0 Å². The minimum atomic E-state index is -0.634. The Labute approximate surface area is 97.7 Å². The zero-order valence-electron chi connectivity index (χ0n) is 10.5. The molecule has 1 aromatic rings. The van der Waals surface area contributed by atoms with Crippen LogP contribution in [-0.4, -0.2) is 33.6 Å². The lowest BCUT2D eigenvalue weighted by atomic mass is 9.98. The summed E-state index contributed by atoms with van der Waals surface area (Å²) in [6.45, 7) is 5.62. The van der Waals surface area contributed by atoms with Crippen LogP contribution < -0.4 is 5.32 Å². The molecule has 1 atom stereocenters. The van der Waals surface area contributed by atoms with Crippen LogP contribution in [0.2, 0.25) is 0 Å². The topological polar surface area (TPSA) is 50.1 Å². The molecule has 1 heterocycles. The van der Waals surface area contributed by atoms with Crippen molar-refractivity contribution in [2.24, 2.45) is 7.05 Å². The van der Waals surface area contributed by atoms with E-state index in [2.05, 4.69) is 17.3 Å². The molecule has 0 aromatic carbocycles. The molecule has 16 heavy (non-hydrogen) atoms. The highest BCUT2D eigenvalue weighted by Gasteiger charge is 2.19. The summed E-state index contributed by atoms with van der Waals surface area (Å²) in [6, 6.07) is 0. The Morgan fingerprint density at radius 3 is 2.88 bits per heavy atom. The first-order valence-electron chi connectivity index (χ1n) is 5.94. The van der Waals surface area contributed by atoms with Crippen molar-refractivity contribution >= 4 is 0 Å². The van der Waals surface area contributed by atoms with Crippen molar-refractivity contribution < 1.29 is 5.11 Å². The smallest absolute Gasteiger partial charge is 0.0746 e. The van der Waals surface area contributed by atoms with Crippen LogP contribution in [0.25, 0.3) is 0 Å². The predicted molar refractivity (Wildman–Crippen MR) is 65.3 cm³/mol. The van der Waals surface area contributed by atoms with Gasteiger partial charge in [-0.3, -0.25) is 4.68 Å². The van der Waals surface area contributed by atoms with Gasteiger partial charge in [0.2, 0.25) is 0 Å². The maximum absolute atomic E-state index is 10.1. The van der Waals surface area contributed by atoms with Crippen LogP contribution in [0.15, 0.2) is 12.4 Å². The molecule has 1 rings (SSSR count). The first kappa shape index (κ1) is 13.2. The summed E-state index contributed by atoms with van der Waals surface area (Å²) >= 11 is 0. The molecule has 0 aliphatic rings. The third-order valence-corrected chi connectivity index (χ3v) is 2.64. The van der Waals surface area contributed by atoms with Gasteiger partial charge in [-0.05, 0) is 38.3 Å². The number of nitrogens with one attached hydrogen (secondary N) is 1. The molecule has 92 valence electrons. The van der Waals surface area contributed by atoms with Gasteiger partial charge in [0.1, 0.15) is 0 Å². The van der Waals surface area contributed by atoms with Crippen molar-refractivity contribution in [2.75, 3.05) is 13.1 Å². The van der Waals surface area contributed by atoms with Gasteiger partial charge >= 0.3 is 0 Å². The summed E-state index contributed by atoms with van der Waals surface area (Å²) in [7, 11) is 1.91. The van der Waals surface area contributed by atoms with Gasteiger partial charge in [-0.1, -0.05) is 6.92 Å². The Hall–Kier alpha value is -0.870. The van der Waals surface area contributed by atoms with Gasteiger partial charge < -0.3 is 10.4 Å². The summed E-state index contributed by atoms with van der Waals surface area (Å²) in [5.41, 5.74) is 0.545. The molecular formula is C12H23N3O. The van der Waals surface area contributed by atoms with E-state index in [1.165, 1.54) is 5.56 Å². The molecular weight excluding hydrogens is 202 g/mol. The molecule has 1 unspecified atom stereocenters. The van der Waals surface area contributed by atoms with E-state index in [1.54, 1.807) is 4.68 Å². The van der Waals surface area contributed by atoms with Crippen molar-refractivity contribution in [3.8, 4) is 0 Å². The first-order chi connectivity index (χ1) is 7.53. The molecule has 0 aliphatic heterocycles. The monoisotopic (exact) mass is 225 g/mol. The molecule has 0 saturated carbocycles. The van der Waals surface area contributed by atoms with Crippen LogP contribution in [0, 0.1) is 0 Å². The fourth-order valence-corrected chi connectivity index (χ4v) is 1.64. The van der Waals surface area contributed by atoms with Crippen LogP contribution in [0.1, 0.15) is 32.3 Å². The molecule has 1 aromatic heterocycles. The van der Waals surface area contributed by atoms with E-state index in [0.717, 1.165) is 25.8 Å². The molecule has 4 heteroatoms. The number of rotatable bonds is 7. The predicted octanol–water partition coefficient (Wildman–Crippen LogP) is 1.10. The summed E-state index contributed by atoms with van der Waals surface area (Å²) < 4.78 is 1.79. The quantitative estimate of drug-likeness (QED) is 0.683. The number of hydrogen-bond donors (Lipinski definition) is 2. The standard InChI is InChI=1S/C12H23N3O/c1-4-7-13-10-12(2,16)6-5-11-8-14-15(3)9-11/h8-9,13,16H,4-7,10H2,1-3H3. The molecule has 2 N–H and O–H groups in total. The first-order valence-corrected chi connectivity index (χ1v) is 5.94. The Kier molecular flexibility index (Phi) is 4.96. The minimum Gasteiger partial charge on any atom is -0.389 e. The zero-order chi connectivity index (χ0) is 12.0. The fourth-order valence-electron chi connectivity index (χ4n) is 1.64. The second-order valence-corrected chi connectivity index (χ2v) is 4.70. The van der Waals surface area contributed by atoms with Crippen LogP contribution >= 0.6 is 0 Å². The van der Waals surface area contributed by atoms with Crippen LogP contribution in [0.4, 0.5) is 0 Å². The molecule has 0 radical (unpaired) electrons. The normalized spacial score (nSPS) is 15.0. The van der Waals surface area contributed by atoms with E-state index in [9.17, 15) is 5.11 Å². The number of nitrogens with zero attached hydrogens (tertiary/aromatic N) is 2. The van der Waals surface area contributed by atoms with Gasteiger partial charge in [0.05, 0.1) is 11.8 Å². The SMILES string of the molecule is CCCNCC(C)(O)CCc1cnn(C)c1. The maximum Gasteiger partial charge on any atom is 0.0746 e. The van der Waals surface area contributed by atoms with E-state index in [1.807, 2.05) is 26.4 Å². The van der Waals surface area contributed by atoms with Crippen molar-refractivity contribution in [3.05, 3.63) is 18.0 Å².